The van der Waals surface area contributed by atoms with Crippen LogP contribution in [0.25, 0.3) is 0 Å². The Kier molecular flexibility index (Phi) is 6.30. The van der Waals surface area contributed by atoms with Crippen molar-refractivity contribution in [2.24, 2.45) is 0 Å². The third-order valence-electron chi connectivity index (χ3n) is 2.23. The Morgan fingerprint density at radius 1 is 1.29 bits per heavy atom. The molecule has 7 heteroatoms. The second-order valence-corrected chi connectivity index (χ2v) is 5.10. The summed E-state index contributed by atoms with van der Waals surface area (Å²) in [4.78, 5) is 0. The van der Waals surface area contributed by atoms with Crippen molar-refractivity contribution in [3.05, 3.63) is 23.8 Å². The first kappa shape index (κ1) is 16.0. The molecular formula is C10H16ClNO4S. The van der Waals surface area contributed by atoms with Gasteiger partial charge in [-0.2, -0.15) is 8.42 Å². The summed E-state index contributed by atoms with van der Waals surface area (Å²) < 4.78 is 31.6. The van der Waals surface area contributed by atoms with Gasteiger partial charge in [0.2, 0.25) is 0 Å². The maximum absolute atomic E-state index is 11.1. The molecule has 17 heavy (non-hydrogen) atoms. The molecule has 0 aliphatic carbocycles. The minimum Gasteiger partial charge on any atom is -0.497 e. The van der Waals surface area contributed by atoms with Crippen molar-refractivity contribution in [1.29, 1.82) is 0 Å². The van der Waals surface area contributed by atoms with E-state index in [0.717, 1.165) is 12.7 Å². The maximum Gasteiger partial charge on any atom is 0.267 e. The summed E-state index contributed by atoms with van der Waals surface area (Å²) in [6.07, 6.45) is 0.325. The Labute approximate surface area is 107 Å². The minimum atomic E-state index is -3.44. The van der Waals surface area contributed by atoms with Crippen LogP contribution in [0.2, 0.25) is 0 Å². The van der Waals surface area contributed by atoms with Crippen LogP contribution in [0.3, 0.4) is 0 Å². The van der Waals surface area contributed by atoms with Crippen LogP contribution < -0.4 is 10.5 Å². The van der Waals surface area contributed by atoms with Gasteiger partial charge in [-0.1, -0.05) is 6.07 Å². The smallest absolute Gasteiger partial charge is 0.267 e. The van der Waals surface area contributed by atoms with Crippen LogP contribution in [0.15, 0.2) is 18.2 Å². The van der Waals surface area contributed by atoms with Crippen molar-refractivity contribution >= 4 is 28.2 Å². The summed E-state index contributed by atoms with van der Waals surface area (Å²) in [6.45, 7) is 0. The Hall–Kier alpha value is -0.980. The van der Waals surface area contributed by atoms with Crippen molar-refractivity contribution in [2.75, 3.05) is 25.7 Å². The topological polar surface area (TPSA) is 78.6 Å². The van der Waals surface area contributed by atoms with Crippen LogP contribution in [0.1, 0.15) is 5.56 Å². The zero-order valence-corrected chi connectivity index (χ0v) is 11.3. The minimum absolute atomic E-state index is 0. The van der Waals surface area contributed by atoms with Crippen LogP contribution in [0.5, 0.6) is 5.75 Å². The monoisotopic (exact) mass is 281 g/mol. The van der Waals surface area contributed by atoms with E-state index in [2.05, 4.69) is 4.18 Å². The number of hydrogen-bond donors (Lipinski definition) is 1. The Balaban J connectivity index is 0.00000256. The zero-order valence-electron chi connectivity index (χ0n) is 9.67. The van der Waals surface area contributed by atoms with E-state index in [1.807, 2.05) is 0 Å². The van der Waals surface area contributed by atoms with Crippen molar-refractivity contribution in [2.45, 2.75) is 6.42 Å². The van der Waals surface area contributed by atoms with E-state index < -0.39 is 10.1 Å². The van der Waals surface area contributed by atoms with E-state index in [1.54, 1.807) is 25.3 Å². The molecule has 98 valence electrons. The number of rotatable bonds is 5. The molecule has 0 spiro atoms. The summed E-state index contributed by atoms with van der Waals surface area (Å²) in [7, 11) is -0.746. The SMILES string of the molecule is COc1ccc(CCS(=O)(=O)OC)c(N)c1.Cl. The fraction of sp³-hybridized carbons (Fsp3) is 0.400. The first-order chi connectivity index (χ1) is 7.48. The lowest BCUT2D eigenvalue weighted by Gasteiger charge is -2.07. The van der Waals surface area contributed by atoms with E-state index in [9.17, 15) is 8.42 Å². The first-order valence-electron chi connectivity index (χ1n) is 4.69. The normalized spacial score (nSPS) is 10.7. The van der Waals surface area contributed by atoms with E-state index >= 15 is 0 Å². The molecular weight excluding hydrogens is 266 g/mol. The van der Waals surface area contributed by atoms with Gasteiger partial charge in [-0.15, -0.1) is 12.4 Å². The molecule has 0 atom stereocenters. The largest absolute Gasteiger partial charge is 0.497 e. The van der Waals surface area contributed by atoms with Crippen molar-refractivity contribution in [3.63, 3.8) is 0 Å². The second-order valence-electron chi connectivity index (χ2n) is 3.24. The molecule has 0 aromatic heterocycles. The second kappa shape index (κ2) is 6.68. The van der Waals surface area contributed by atoms with Crippen molar-refractivity contribution < 1.29 is 17.3 Å². The Morgan fingerprint density at radius 2 is 1.94 bits per heavy atom. The molecule has 1 rings (SSSR count). The van der Waals surface area contributed by atoms with Gasteiger partial charge < -0.3 is 10.5 Å². The number of benzene rings is 1. The highest BCUT2D eigenvalue weighted by Gasteiger charge is 2.10. The molecule has 0 unspecified atom stereocenters. The molecule has 0 aliphatic heterocycles. The highest BCUT2D eigenvalue weighted by atomic mass is 35.5. The van der Waals surface area contributed by atoms with Crippen LogP contribution in [0, 0.1) is 0 Å². The number of nitrogen functional groups attached to an aromatic ring is 1. The highest BCUT2D eigenvalue weighted by Crippen LogP contribution is 2.20. The number of methoxy groups -OCH3 is 1. The fourth-order valence-corrected chi connectivity index (χ4v) is 1.88. The first-order valence-corrected chi connectivity index (χ1v) is 6.27. The molecule has 2 N–H and O–H groups in total. The molecule has 0 radical (unpaired) electrons. The number of hydrogen-bond acceptors (Lipinski definition) is 5. The lowest BCUT2D eigenvalue weighted by atomic mass is 10.1. The molecule has 1 aromatic rings. The summed E-state index contributed by atoms with van der Waals surface area (Å²) >= 11 is 0. The summed E-state index contributed by atoms with van der Waals surface area (Å²) in [5.41, 5.74) is 7.04. The average Bonchev–Trinajstić information content (AvgIpc) is 2.27. The molecule has 5 nitrogen and oxygen atoms in total. The third-order valence-corrected chi connectivity index (χ3v) is 3.44. The van der Waals surface area contributed by atoms with E-state index in [4.69, 9.17) is 10.5 Å². The van der Waals surface area contributed by atoms with Crippen LogP contribution in [-0.4, -0.2) is 28.4 Å². The van der Waals surface area contributed by atoms with Gasteiger partial charge in [0.15, 0.2) is 0 Å². The zero-order chi connectivity index (χ0) is 12.2. The number of anilines is 1. The van der Waals surface area contributed by atoms with Crippen LogP contribution in [0.4, 0.5) is 5.69 Å². The van der Waals surface area contributed by atoms with Gasteiger partial charge in [-0.3, -0.25) is 4.18 Å². The van der Waals surface area contributed by atoms with Gasteiger partial charge in [-0.05, 0) is 18.1 Å². The summed E-state index contributed by atoms with van der Waals surface area (Å²) in [5.74, 6) is 0.566. The lowest BCUT2D eigenvalue weighted by molar-refractivity contribution is 0.397. The van der Waals surface area contributed by atoms with Gasteiger partial charge in [-0.25, -0.2) is 0 Å². The highest BCUT2D eigenvalue weighted by molar-refractivity contribution is 7.86. The fourth-order valence-electron chi connectivity index (χ4n) is 1.25. The Bertz CT molecular complexity index is 461. The van der Waals surface area contributed by atoms with Gasteiger partial charge in [0.05, 0.1) is 20.0 Å². The third kappa shape index (κ3) is 4.80. The van der Waals surface area contributed by atoms with Gasteiger partial charge in [0, 0.05) is 11.8 Å². The summed E-state index contributed by atoms with van der Waals surface area (Å²) in [6, 6.07) is 5.15. The van der Waals surface area contributed by atoms with Gasteiger partial charge >= 0.3 is 0 Å². The molecule has 0 fully saturated rings. The predicted octanol–water partition coefficient (Wildman–Crippen LogP) is 1.22. The molecule has 0 saturated heterocycles. The number of nitrogens with two attached hydrogens (primary N) is 1. The van der Waals surface area contributed by atoms with Crippen molar-refractivity contribution in [3.8, 4) is 5.75 Å². The number of halogens is 1. The molecule has 1 aromatic carbocycles. The average molecular weight is 282 g/mol. The quantitative estimate of drug-likeness (QED) is 0.648. The molecule has 0 aliphatic rings. The predicted molar refractivity (Wildman–Crippen MR) is 69.2 cm³/mol. The maximum atomic E-state index is 11.1. The Morgan fingerprint density at radius 3 is 2.41 bits per heavy atom. The molecule has 0 saturated carbocycles. The molecule has 0 amide bonds. The standard InChI is InChI=1S/C10H15NO4S.ClH/c1-14-9-4-3-8(10(11)7-9)5-6-16(12,13)15-2;/h3-4,7H,5-6,11H2,1-2H3;1H. The van der Waals surface area contributed by atoms with E-state index in [1.165, 1.54) is 0 Å². The molecule has 0 heterocycles. The lowest BCUT2D eigenvalue weighted by Crippen LogP contribution is -2.11. The molecule has 0 bridgehead atoms. The van der Waals surface area contributed by atoms with Gasteiger partial charge in [0.25, 0.3) is 10.1 Å². The summed E-state index contributed by atoms with van der Waals surface area (Å²) in [5, 5.41) is 0. The number of ether oxygens (including phenoxy) is 1. The van der Waals surface area contributed by atoms with Crippen LogP contribution >= 0.6 is 12.4 Å². The van der Waals surface area contributed by atoms with E-state index in [-0.39, 0.29) is 18.2 Å². The van der Waals surface area contributed by atoms with E-state index in [0.29, 0.717) is 17.9 Å². The van der Waals surface area contributed by atoms with Gasteiger partial charge in [0.1, 0.15) is 5.75 Å². The van der Waals surface area contributed by atoms with Crippen LogP contribution in [-0.2, 0) is 20.7 Å². The number of aryl methyl sites for hydroxylation is 1. The van der Waals surface area contributed by atoms with Crippen molar-refractivity contribution in [1.82, 2.24) is 0 Å².